The highest BCUT2D eigenvalue weighted by atomic mass is 79.9. The van der Waals surface area contributed by atoms with E-state index in [1.54, 1.807) is 38.6 Å². The Morgan fingerprint density at radius 3 is 2.37 bits per heavy atom. The molecular formula is C41H46BrN3O5S. The number of rotatable bonds is 14. The third kappa shape index (κ3) is 6.66. The van der Waals surface area contributed by atoms with E-state index in [0.717, 1.165) is 22.4 Å². The number of aliphatic hydroxyl groups is 1. The molecule has 0 aromatic heterocycles. The lowest BCUT2D eigenvalue weighted by Crippen LogP contribution is -2.58. The summed E-state index contributed by atoms with van der Waals surface area (Å²) >= 11 is 5.51. The number of fused-ring (bicyclic) bond motifs is 1. The number of aliphatic hydroxyl groups excluding tert-OH is 1. The zero-order valence-corrected chi connectivity index (χ0v) is 31.8. The van der Waals surface area contributed by atoms with E-state index < -0.39 is 28.7 Å². The van der Waals surface area contributed by atoms with Gasteiger partial charge < -0.3 is 24.5 Å². The molecule has 0 saturated carbocycles. The highest BCUT2D eigenvalue weighted by Gasteiger charge is 2.76. The molecule has 8 nitrogen and oxygen atoms in total. The number of hydrogen-bond donors (Lipinski definition) is 1. The van der Waals surface area contributed by atoms with Crippen molar-refractivity contribution in [3.8, 4) is 5.75 Å². The van der Waals surface area contributed by atoms with Gasteiger partial charge in [0.2, 0.25) is 11.8 Å². The summed E-state index contributed by atoms with van der Waals surface area (Å²) in [4.78, 5) is 50.3. The minimum Gasteiger partial charge on any atom is -0.494 e. The fourth-order valence-electron chi connectivity index (χ4n) is 8.27. The Morgan fingerprint density at radius 2 is 1.73 bits per heavy atom. The number of carbonyl (C=O) groups is 3. The molecule has 3 aliphatic rings. The maximum Gasteiger partial charge on any atom is 0.251 e. The summed E-state index contributed by atoms with van der Waals surface area (Å²) in [5.74, 6) is -1.47. The van der Waals surface area contributed by atoms with Crippen LogP contribution in [0.2, 0.25) is 0 Å². The Labute approximate surface area is 313 Å². The van der Waals surface area contributed by atoms with Gasteiger partial charge in [-0.05, 0) is 80.6 Å². The number of anilines is 2. The van der Waals surface area contributed by atoms with Gasteiger partial charge in [-0.2, -0.15) is 0 Å². The Morgan fingerprint density at radius 1 is 1.04 bits per heavy atom. The minimum atomic E-state index is -0.929. The van der Waals surface area contributed by atoms with Crippen LogP contribution < -0.4 is 14.5 Å². The number of thioether (sulfide) groups is 1. The second-order valence-corrected chi connectivity index (χ2v) is 16.3. The van der Waals surface area contributed by atoms with Crippen LogP contribution in [-0.2, 0) is 20.8 Å². The highest BCUT2D eigenvalue weighted by molar-refractivity contribution is 9.09. The molecule has 7 atom stereocenters. The maximum atomic E-state index is 15.3. The first-order valence-corrected chi connectivity index (χ1v) is 19.3. The lowest BCUT2D eigenvalue weighted by atomic mass is 9.70. The molecule has 3 fully saturated rings. The van der Waals surface area contributed by atoms with E-state index in [4.69, 9.17) is 4.74 Å². The predicted molar refractivity (Wildman–Crippen MR) is 209 cm³/mol. The minimum absolute atomic E-state index is 0.114. The van der Waals surface area contributed by atoms with Gasteiger partial charge in [0, 0.05) is 34.5 Å². The monoisotopic (exact) mass is 771 g/mol. The van der Waals surface area contributed by atoms with E-state index in [1.807, 2.05) is 93.6 Å². The number of carbonyl (C=O) groups excluding carboxylic acids is 3. The quantitative estimate of drug-likeness (QED) is 0.149. The third-order valence-electron chi connectivity index (χ3n) is 10.4. The molecule has 3 saturated heterocycles. The summed E-state index contributed by atoms with van der Waals surface area (Å²) in [6.07, 6.45) is 4.27. The third-order valence-corrected chi connectivity index (χ3v) is 13.7. The number of hydrogen-bond acceptors (Lipinski definition) is 6. The van der Waals surface area contributed by atoms with Crippen molar-refractivity contribution < 1.29 is 24.2 Å². The van der Waals surface area contributed by atoms with Crippen LogP contribution in [0.5, 0.6) is 5.75 Å². The SMILES string of the molecule is C=CCN(C(=O)[C@H]1[C@@H]2SC3(CC2Br)C(C(=O)N(CC=C)c2cc(C)ccc2C)N([C@@H](CO)Cc2ccccc2)C(=O)[C@H]13)c1ccc(OCC)cc1. The first kappa shape index (κ1) is 36.9. The average Bonchev–Trinajstić information content (AvgIpc) is 3.73. The van der Waals surface area contributed by atoms with Crippen LogP contribution in [0.3, 0.4) is 0 Å². The van der Waals surface area contributed by atoms with Crippen molar-refractivity contribution in [3.05, 3.63) is 115 Å². The second kappa shape index (κ2) is 15.4. The number of nitrogens with zero attached hydrogens (tertiary/aromatic N) is 3. The number of benzene rings is 3. The lowest BCUT2D eigenvalue weighted by Gasteiger charge is -2.40. The molecular weight excluding hydrogens is 726 g/mol. The standard InChI is InChI=1S/C41H46BrN3O5S/c1-6-20-43(29-16-18-31(19-17-29)50-8-3)38(47)34-35-39(48)45(30(25-46)23-28-12-10-9-11-13-28)37(41(35)24-32(42)36(34)51-41)40(49)44(21-7-2)33-22-26(4)14-15-27(33)5/h6-7,9-19,22,30,32,34-37,46H,1-2,8,20-21,23-25H2,3-5H3/t30-,32?,34-,35+,36-,37?,41?/m1/s1. The first-order valence-electron chi connectivity index (χ1n) is 17.5. The topological polar surface area (TPSA) is 90.4 Å². The molecule has 3 aromatic rings. The predicted octanol–water partition coefficient (Wildman–Crippen LogP) is 6.51. The molecule has 2 bridgehead atoms. The first-order chi connectivity index (χ1) is 24.6. The maximum absolute atomic E-state index is 15.3. The van der Waals surface area contributed by atoms with Gasteiger partial charge in [0.25, 0.3) is 5.91 Å². The van der Waals surface area contributed by atoms with E-state index in [1.165, 1.54) is 0 Å². The Balaban J connectivity index is 1.47. The number of likely N-dealkylation sites (tertiary alicyclic amines) is 1. The van der Waals surface area contributed by atoms with Gasteiger partial charge in [-0.15, -0.1) is 24.9 Å². The fraction of sp³-hybridized carbons (Fsp3) is 0.390. The molecule has 0 radical (unpaired) electrons. The van der Waals surface area contributed by atoms with Crippen LogP contribution in [0, 0.1) is 25.7 Å². The summed E-state index contributed by atoms with van der Waals surface area (Å²) in [5, 5.41) is 10.7. The summed E-state index contributed by atoms with van der Waals surface area (Å²) in [5.41, 5.74) is 4.30. The van der Waals surface area contributed by atoms with Gasteiger partial charge in [0.1, 0.15) is 11.8 Å². The molecule has 6 rings (SSSR count). The van der Waals surface area contributed by atoms with Crippen LogP contribution >= 0.6 is 27.7 Å². The van der Waals surface area contributed by atoms with Crippen LogP contribution in [0.1, 0.15) is 30.0 Å². The Bertz CT molecular complexity index is 1790. The van der Waals surface area contributed by atoms with Gasteiger partial charge in [0.05, 0.1) is 35.8 Å². The van der Waals surface area contributed by atoms with E-state index in [9.17, 15) is 9.90 Å². The summed E-state index contributed by atoms with van der Waals surface area (Å²) < 4.78 is 4.73. The highest BCUT2D eigenvalue weighted by Crippen LogP contribution is 2.68. The Hall–Kier alpha value is -3.86. The Kier molecular flexibility index (Phi) is 11.1. The van der Waals surface area contributed by atoms with E-state index in [0.29, 0.717) is 30.9 Å². The second-order valence-electron chi connectivity index (χ2n) is 13.6. The number of alkyl halides is 1. The van der Waals surface area contributed by atoms with Crippen molar-refractivity contribution in [3.63, 3.8) is 0 Å². The fourth-order valence-corrected chi connectivity index (χ4v) is 11.9. The molecule has 3 unspecified atom stereocenters. The van der Waals surface area contributed by atoms with Gasteiger partial charge in [-0.3, -0.25) is 14.4 Å². The molecule has 1 N–H and O–H groups in total. The summed E-state index contributed by atoms with van der Waals surface area (Å²) in [6.45, 7) is 14.5. The number of aryl methyl sites for hydroxylation is 2. The van der Waals surface area contributed by atoms with E-state index in [2.05, 4.69) is 29.1 Å². The summed E-state index contributed by atoms with van der Waals surface area (Å²) in [6, 6.07) is 21.4. The van der Waals surface area contributed by atoms with Crippen molar-refractivity contribution in [1.29, 1.82) is 0 Å². The molecule has 10 heteroatoms. The van der Waals surface area contributed by atoms with Gasteiger partial charge in [0.15, 0.2) is 0 Å². The van der Waals surface area contributed by atoms with Gasteiger partial charge in [-0.25, -0.2) is 0 Å². The van der Waals surface area contributed by atoms with Crippen molar-refractivity contribution in [2.45, 2.75) is 60.5 Å². The van der Waals surface area contributed by atoms with Crippen LogP contribution in [0.4, 0.5) is 11.4 Å². The lowest BCUT2D eigenvalue weighted by molar-refractivity contribution is -0.141. The molecule has 268 valence electrons. The van der Waals surface area contributed by atoms with Crippen LogP contribution in [0.25, 0.3) is 0 Å². The van der Waals surface area contributed by atoms with Crippen LogP contribution in [-0.4, -0.2) is 80.9 Å². The van der Waals surface area contributed by atoms with Crippen LogP contribution in [0.15, 0.2) is 98.1 Å². The molecule has 3 amide bonds. The van der Waals surface area contributed by atoms with Crippen molar-refractivity contribution in [2.24, 2.45) is 11.8 Å². The smallest absolute Gasteiger partial charge is 0.251 e. The number of halogens is 1. The van der Waals surface area contributed by atoms with Crippen molar-refractivity contribution in [1.82, 2.24) is 4.90 Å². The zero-order valence-electron chi connectivity index (χ0n) is 29.4. The molecule has 51 heavy (non-hydrogen) atoms. The van der Waals surface area contributed by atoms with E-state index in [-0.39, 0.29) is 47.5 Å². The molecule has 3 heterocycles. The molecule has 3 aliphatic heterocycles. The average molecular weight is 773 g/mol. The zero-order chi connectivity index (χ0) is 36.4. The number of ether oxygens (including phenoxy) is 1. The normalized spacial score (nSPS) is 25.3. The molecule has 0 aliphatic carbocycles. The summed E-state index contributed by atoms with van der Waals surface area (Å²) in [7, 11) is 0. The largest absolute Gasteiger partial charge is 0.494 e. The molecule has 3 aromatic carbocycles. The number of amides is 3. The van der Waals surface area contributed by atoms with Gasteiger partial charge >= 0.3 is 0 Å². The van der Waals surface area contributed by atoms with Gasteiger partial charge in [-0.1, -0.05) is 70.5 Å². The molecule has 1 spiro atoms. The van der Waals surface area contributed by atoms with Crippen molar-refractivity contribution >= 4 is 56.8 Å². The van der Waals surface area contributed by atoms with Crippen molar-refractivity contribution in [2.75, 3.05) is 36.1 Å². The van der Waals surface area contributed by atoms with E-state index >= 15 is 9.59 Å².